The van der Waals surface area contributed by atoms with Crippen LogP contribution in [0.5, 0.6) is 0 Å². The van der Waals surface area contributed by atoms with Gasteiger partial charge < -0.3 is 34.5 Å². The van der Waals surface area contributed by atoms with Gasteiger partial charge in [-0.2, -0.15) is 0 Å². The summed E-state index contributed by atoms with van der Waals surface area (Å²) in [5, 5.41) is 8.64. The Morgan fingerprint density at radius 3 is 2.55 bits per heavy atom. The maximum atomic E-state index is 14.8. The summed E-state index contributed by atoms with van der Waals surface area (Å²) in [6, 6.07) is 10.1. The average molecular weight is 795 g/mol. The Kier molecular flexibility index (Phi) is 11.3. The highest BCUT2D eigenvalue weighted by molar-refractivity contribution is 6.04. The van der Waals surface area contributed by atoms with Crippen LogP contribution in [0.4, 0.5) is 15.9 Å². The molecule has 4 aliphatic heterocycles. The molecule has 4 fully saturated rings. The van der Waals surface area contributed by atoms with E-state index in [0.717, 1.165) is 104 Å². The van der Waals surface area contributed by atoms with Crippen molar-refractivity contribution in [2.75, 3.05) is 63.3 Å². The number of nitrogens with one attached hydrogen (secondary N) is 3. The van der Waals surface area contributed by atoms with Gasteiger partial charge in [-0.15, -0.1) is 0 Å². The van der Waals surface area contributed by atoms with Gasteiger partial charge in [0, 0.05) is 95.1 Å². The number of aryl methyl sites for hydroxylation is 1. The van der Waals surface area contributed by atoms with Gasteiger partial charge in [0.05, 0.1) is 35.3 Å². The lowest BCUT2D eigenvalue weighted by atomic mass is 9.94. The maximum Gasteiger partial charge on any atom is 0.254 e. The van der Waals surface area contributed by atoms with E-state index in [1.54, 1.807) is 19.2 Å². The van der Waals surface area contributed by atoms with E-state index < -0.39 is 29.3 Å². The van der Waals surface area contributed by atoms with E-state index in [2.05, 4.69) is 60.6 Å². The predicted molar refractivity (Wildman–Crippen MR) is 216 cm³/mol. The van der Waals surface area contributed by atoms with Gasteiger partial charge in [0.25, 0.3) is 5.91 Å². The number of carbonyl (C=O) groups excluding carboxylic acids is 4. The number of ether oxygens (including phenoxy) is 2. The number of likely N-dealkylation sites (tertiary alicyclic amines) is 1. The first-order valence-corrected chi connectivity index (χ1v) is 20.3. The number of fused-ring (bicyclic) bond motifs is 1. The van der Waals surface area contributed by atoms with Crippen molar-refractivity contribution >= 4 is 46.0 Å². The molecule has 15 heteroatoms. The Hall–Kier alpha value is -5.25. The summed E-state index contributed by atoms with van der Waals surface area (Å²) in [5.74, 6) is -1.44. The summed E-state index contributed by atoms with van der Waals surface area (Å²) in [6.07, 6.45) is 9.02. The fourth-order valence-corrected chi connectivity index (χ4v) is 9.03. The van der Waals surface area contributed by atoms with Gasteiger partial charge in [-0.1, -0.05) is 0 Å². The third kappa shape index (κ3) is 8.20. The van der Waals surface area contributed by atoms with Gasteiger partial charge in [0.2, 0.25) is 17.7 Å². The third-order valence-electron chi connectivity index (χ3n) is 12.3. The van der Waals surface area contributed by atoms with Crippen LogP contribution in [0.2, 0.25) is 0 Å². The van der Waals surface area contributed by atoms with E-state index in [-0.39, 0.29) is 36.3 Å². The van der Waals surface area contributed by atoms with Crippen LogP contribution in [-0.4, -0.2) is 102 Å². The van der Waals surface area contributed by atoms with Crippen LogP contribution in [0, 0.1) is 18.7 Å². The number of benzene rings is 1. The Balaban J connectivity index is 0.917. The van der Waals surface area contributed by atoms with E-state index in [1.807, 2.05) is 12.3 Å². The van der Waals surface area contributed by atoms with Crippen molar-refractivity contribution in [1.29, 1.82) is 0 Å². The molecule has 2 atom stereocenters. The molecule has 58 heavy (non-hydrogen) atoms. The second kappa shape index (κ2) is 16.5. The second-order valence-corrected chi connectivity index (χ2v) is 16.2. The smallest absolute Gasteiger partial charge is 0.254 e. The lowest BCUT2D eigenvalue weighted by molar-refractivity contribution is -0.134. The summed E-state index contributed by atoms with van der Waals surface area (Å²) >= 11 is 0. The lowest BCUT2D eigenvalue weighted by Gasteiger charge is -2.38. The number of amides is 4. The van der Waals surface area contributed by atoms with E-state index in [4.69, 9.17) is 14.5 Å². The lowest BCUT2D eigenvalue weighted by Crippen LogP contribution is -2.52. The fraction of sp³-hybridized carbons (Fsp3) is 0.488. The van der Waals surface area contributed by atoms with Crippen molar-refractivity contribution in [3.8, 4) is 11.3 Å². The fourth-order valence-electron chi connectivity index (χ4n) is 9.03. The summed E-state index contributed by atoms with van der Waals surface area (Å²) in [5.41, 5.74) is 4.84. The minimum absolute atomic E-state index is 0.114. The number of aromatic nitrogens is 3. The SMILES string of the molecule is CO[C@@]1(c2cc(C)cc(-c3cn(C4CCN(CC5CCN(c6ccc(F)c(C(=O)NC7CCC(=O)NC7=O)c6)CC5)CC4)c4cnc(NC(C)=O)cc34)n2)CCOC1. The largest absolute Gasteiger partial charge is 0.378 e. The number of carbonyl (C=O) groups is 4. The van der Waals surface area contributed by atoms with Gasteiger partial charge >= 0.3 is 0 Å². The standard InChI is InChI=1S/C43H51FN8O6/c1-26-18-36(47-38(19-26)43(57-3)12-17-58-25-43)33-24-52(37-22-45-39(21-31(33)37)46-27(2)53)29-10-13-50(14-11-29)23-28-8-15-51(16-9-28)30-4-5-34(44)32(20-30)41(55)48-35-6-7-40(54)49-42(35)56/h4-5,18-22,24,28-29,35H,6-17,23,25H2,1-3H3,(H,48,55)(H,45,46,53)(H,49,54,56)/t35?,43-/m0/s1. The number of anilines is 2. The van der Waals surface area contributed by atoms with E-state index in [1.165, 1.54) is 13.0 Å². The van der Waals surface area contributed by atoms with Crippen LogP contribution in [0.25, 0.3) is 22.2 Å². The first-order chi connectivity index (χ1) is 28.0. The van der Waals surface area contributed by atoms with E-state index >= 15 is 0 Å². The highest BCUT2D eigenvalue weighted by Crippen LogP contribution is 2.39. The van der Waals surface area contributed by atoms with Gasteiger partial charge in [-0.05, 0) is 86.9 Å². The number of piperidine rings is 3. The molecule has 0 bridgehead atoms. The number of hydrogen-bond donors (Lipinski definition) is 3. The highest BCUT2D eigenvalue weighted by atomic mass is 19.1. The summed E-state index contributed by atoms with van der Waals surface area (Å²) in [6.45, 7) is 9.15. The van der Waals surface area contributed by atoms with E-state index in [0.29, 0.717) is 24.9 Å². The quantitative estimate of drug-likeness (QED) is 0.190. The first-order valence-electron chi connectivity index (χ1n) is 20.3. The minimum atomic E-state index is -0.873. The molecule has 4 aromatic rings. The summed E-state index contributed by atoms with van der Waals surface area (Å²) < 4.78 is 28.9. The van der Waals surface area contributed by atoms with Crippen LogP contribution in [0.3, 0.4) is 0 Å². The maximum absolute atomic E-state index is 14.8. The van der Waals surface area contributed by atoms with Crippen LogP contribution >= 0.6 is 0 Å². The van der Waals surface area contributed by atoms with Gasteiger partial charge in [0.1, 0.15) is 23.3 Å². The van der Waals surface area contributed by atoms with Crippen molar-refractivity contribution in [3.05, 3.63) is 71.4 Å². The molecule has 0 aliphatic carbocycles. The van der Waals surface area contributed by atoms with Crippen molar-refractivity contribution in [2.45, 2.75) is 76.5 Å². The molecule has 0 saturated carbocycles. The average Bonchev–Trinajstić information content (AvgIpc) is 3.86. The Morgan fingerprint density at radius 2 is 1.84 bits per heavy atom. The summed E-state index contributed by atoms with van der Waals surface area (Å²) in [7, 11) is 1.72. The third-order valence-corrected chi connectivity index (χ3v) is 12.3. The predicted octanol–water partition coefficient (Wildman–Crippen LogP) is 4.85. The van der Waals surface area contributed by atoms with Crippen LogP contribution in [-0.2, 0) is 29.5 Å². The molecule has 0 radical (unpaired) electrons. The monoisotopic (exact) mass is 794 g/mol. The van der Waals surface area contributed by atoms with Crippen LogP contribution in [0.1, 0.15) is 79.5 Å². The molecule has 8 rings (SSSR count). The summed E-state index contributed by atoms with van der Waals surface area (Å²) in [4.78, 5) is 63.2. The number of pyridine rings is 2. The van der Waals surface area contributed by atoms with Gasteiger partial charge in [-0.25, -0.2) is 14.4 Å². The van der Waals surface area contributed by atoms with Crippen molar-refractivity contribution in [3.63, 3.8) is 0 Å². The Morgan fingerprint density at radius 1 is 1.05 bits per heavy atom. The van der Waals surface area contributed by atoms with Crippen LogP contribution < -0.4 is 20.9 Å². The Labute approximate surface area is 336 Å². The topological polar surface area (TPSA) is 160 Å². The zero-order valence-electron chi connectivity index (χ0n) is 33.3. The van der Waals surface area contributed by atoms with Crippen molar-refractivity contribution in [1.82, 2.24) is 30.1 Å². The number of halogens is 1. The zero-order chi connectivity index (χ0) is 40.6. The highest BCUT2D eigenvalue weighted by Gasteiger charge is 2.39. The van der Waals surface area contributed by atoms with Crippen LogP contribution in [0.15, 0.2) is 48.8 Å². The first kappa shape index (κ1) is 39.6. The molecule has 4 saturated heterocycles. The molecule has 14 nitrogen and oxygen atoms in total. The van der Waals surface area contributed by atoms with Crippen molar-refractivity contribution < 1.29 is 33.0 Å². The number of nitrogens with zero attached hydrogens (tertiary/aromatic N) is 5. The molecule has 7 heterocycles. The molecular formula is C43H51FN8O6. The molecule has 306 valence electrons. The second-order valence-electron chi connectivity index (χ2n) is 16.2. The number of methoxy groups -OCH3 is 1. The number of hydrogen-bond acceptors (Lipinski definition) is 10. The molecule has 3 N–H and O–H groups in total. The normalized spacial score (nSPS) is 22.3. The number of rotatable bonds is 10. The molecule has 4 aliphatic rings. The van der Waals surface area contributed by atoms with E-state index in [9.17, 15) is 23.6 Å². The number of imide groups is 1. The molecule has 1 aromatic carbocycles. The minimum Gasteiger partial charge on any atom is -0.378 e. The Bertz CT molecular complexity index is 2220. The van der Waals surface area contributed by atoms with Gasteiger partial charge in [-0.3, -0.25) is 24.5 Å². The molecule has 3 aromatic heterocycles. The van der Waals surface area contributed by atoms with Crippen molar-refractivity contribution in [2.24, 2.45) is 5.92 Å². The molecule has 4 amide bonds. The molecule has 0 spiro atoms. The molecular weight excluding hydrogens is 744 g/mol. The molecule has 1 unspecified atom stereocenters. The zero-order valence-corrected chi connectivity index (χ0v) is 33.3. The van der Waals surface area contributed by atoms with Gasteiger partial charge in [0.15, 0.2) is 0 Å².